The quantitative estimate of drug-likeness (QED) is 0.217. The van der Waals surface area contributed by atoms with Gasteiger partial charge in [-0.3, -0.25) is 9.98 Å². The van der Waals surface area contributed by atoms with E-state index < -0.39 is 82.4 Å². The molecule has 2 rings (SSSR count). The first kappa shape index (κ1) is 24.4. The fourth-order valence-electron chi connectivity index (χ4n) is 2.49. The van der Waals surface area contributed by atoms with Crippen LogP contribution in [0.2, 0.25) is 0 Å². The van der Waals surface area contributed by atoms with Crippen molar-refractivity contribution < 1.29 is 43.9 Å². The summed E-state index contributed by atoms with van der Waals surface area (Å²) in [6.07, 6.45) is -0.176. The van der Waals surface area contributed by atoms with E-state index in [0.717, 1.165) is 0 Å². The molecule has 2 nitrogen and oxygen atoms in total. The lowest BCUT2D eigenvalue weighted by atomic mass is 10.1. The molecule has 0 bridgehead atoms. The van der Waals surface area contributed by atoms with Gasteiger partial charge in [0.2, 0.25) is 11.6 Å². The molecule has 0 aliphatic carbocycles. The molecular formula is C19H12F10N2. The van der Waals surface area contributed by atoms with Crippen LogP contribution in [0, 0.1) is 58.2 Å². The summed E-state index contributed by atoms with van der Waals surface area (Å²) in [5, 5.41) is 0. The van der Waals surface area contributed by atoms with Gasteiger partial charge in [0.1, 0.15) is 0 Å². The zero-order valence-electron chi connectivity index (χ0n) is 15.8. The first-order valence-electron chi connectivity index (χ1n) is 8.38. The van der Waals surface area contributed by atoms with Crippen molar-refractivity contribution in [3.63, 3.8) is 0 Å². The van der Waals surface area contributed by atoms with Gasteiger partial charge in [-0.2, -0.15) is 0 Å². The summed E-state index contributed by atoms with van der Waals surface area (Å²) in [5.74, 6) is -21.3. The topological polar surface area (TPSA) is 24.7 Å². The highest BCUT2D eigenvalue weighted by Crippen LogP contribution is 2.25. The monoisotopic (exact) mass is 458 g/mol. The third-order valence-corrected chi connectivity index (χ3v) is 4.13. The van der Waals surface area contributed by atoms with Crippen LogP contribution in [0.5, 0.6) is 0 Å². The van der Waals surface area contributed by atoms with E-state index >= 15 is 0 Å². The first-order chi connectivity index (χ1) is 14.4. The van der Waals surface area contributed by atoms with E-state index in [0.29, 0.717) is 0 Å². The molecular weight excluding hydrogens is 446 g/mol. The van der Waals surface area contributed by atoms with Crippen molar-refractivity contribution in [2.75, 3.05) is 0 Å². The summed E-state index contributed by atoms with van der Waals surface area (Å²) in [4.78, 5) is 7.36. The molecule has 0 heterocycles. The highest BCUT2D eigenvalue weighted by Gasteiger charge is 2.26. The minimum absolute atomic E-state index is 0.0857. The van der Waals surface area contributed by atoms with Crippen molar-refractivity contribution in [1.82, 2.24) is 0 Å². The predicted octanol–water partition coefficient (Wildman–Crippen LogP) is 6.09. The second-order valence-corrected chi connectivity index (χ2v) is 6.38. The lowest BCUT2D eigenvalue weighted by Gasteiger charge is -2.08. The second kappa shape index (κ2) is 9.48. The Bertz CT molecular complexity index is 949. The van der Waals surface area contributed by atoms with Crippen LogP contribution in [0.25, 0.3) is 0 Å². The molecule has 0 spiro atoms. The highest BCUT2D eigenvalue weighted by molar-refractivity contribution is 6.02. The Labute approximate surface area is 168 Å². The van der Waals surface area contributed by atoms with E-state index in [1.807, 2.05) is 0 Å². The predicted molar refractivity (Wildman–Crippen MR) is 90.7 cm³/mol. The zero-order chi connectivity index (χ0) is 23.6. The number of rotatable bonds is 6. The average molecular weight is 458 g/mol. The lowest BCUT2D eigenvalue weighted by molar-refractivity contribution is 0.370. The standard InChI is InChI=1S/C19H12F10N2/c1-6(30-4-8-10(20)14(24)18(28)15(25)11(8)21)3-7(2)31-5-9-12(22)16(26)19(29)17(27)13(9)23/h3-5H2,1-2H3. The molecule has 0 aromatic heterocycles. The fourth-order valence-corrected chi connectivity index (χ4v) is 2.49. The number of aliphatic imine (C=N–C) groups is 2. The van der Waals surface area contributed by atoms with Gasteiger partial charge in [-0.1, -0.05) is 0 Å². The molecule has 12 heteroatoms. The Morgan fingerprint density at radius 3 is 0.935 bits per heavy atom. The van der Waals surface area contributed by atoms with E-state index in [9.17, 15) is 43.9 Å². The SMILES string of the molecule is CC(CC(C)=NCc1c(F)c(F)c(F)c(F)c1F)=NCc1c(F)c(F)c(F)c(F)c1F. The summed E-state index contributed by atoms with van der Waals surface area (Å²) in [7, 11) is 0. The molecule has 31 heavy (non-hydrogen) atoms. The summed E-state index contributed by atoms with van der Waals surface area (Å²) >= 11 is 0. The zero-order valence-corrected chi connectivity index (χ0v) is 15.8. The Hall–Kier alpha value is -2.92. The third kappa shape index (κ3) is 4.88. The van der Waals surface area contributed by atoms with Gasteiger partial charge in [0.15, 0.2) is 46.5 Å². The van der Waals surface area contributed by atoms with Gasteiger partial charge in [-0.25, -0.2) is 43.9 Å². The number of benzene rings is 2. The molecule has 0 aliphatic rings. The van der Waals surface area contributed by atoms with Crippen LogP contribution in [-0.2, 0) is 13.1 Å². The highest BCUT2D eigenvalue weighted by atomic mass is 19.2. The minimum atomic E-state index is -2.31. The number of hydrogen-bond acceptors (Lipinski definition) is 2. The molecule has 0 radical (unpaired) electrons. The van der Waals surface area contributed by atoms with Crippen LogP contribution < -0.4 is 0 Å². The van der Waals surface area contributed by atoms with Gasteiger partial charge in [-0.15, -0.1) is 0 Å². The van der Waals surface area contributed by atoms with E-state index in [2.05, 4.69) is 9.98 Å². The maximum Gasteiger partial charge on any atom is 0.200 e. The van der Waals surface area contributed by atoms with Crippen molar-refractivity contribution in [2.24, 2.45) is 9.98 Å². The van der Waals surface area contributed by atoms with E-state index in [4.69, 9.17) is 0 Å². The van der Waals surface area contributed by atoms with Crippen molar-refractivity contribution in [3.05, 3.63) is 69.3 Å². The molecule has 0 aliphatic heterocycles. The summed E-state index contributed by atoms with van der Waals surface area (Å²) in [6.45, 7) is 0.817. The molecule has 2 aromatic carbocycles. The van der Waals surface area contributed by atoms with Crippen molar-refractivity contribution in [1.29, 1.82) is 0 Å². The molecule has 0 saturated carbocycles. The maximum atomic E-state index is 13.6. The van der Waals surface area contributed by atoms with E-state index in [1.54, 1.807) is 0 Å². The van der Waals surface area contributed by atoms with E-state index in [1.165, 1.54) is 13.8 Å². The molecule has 0 fully saturated rings. The van der Waals surface area contributed by atoms with Gasteiger partial charge in [0.05, 0.1) is 24.2 Å². The van der Waals surface area contributed by atoms with Crippen LogP contribution in [0.15, 0.2) is 9.98 Å². The summed E-state index contributed by atoms with van der Waals surface area (Å²) in [6, 6.07) is 0. The van der Waals surface area contributed by atoms with Crippen LogP contribution in [0.3, 0.4) is 0 Å². The number of halogens is 10. The van der Waals surface area contributed by atoms with Crippen LogP contribution in [0.4, 0.5) is 43.9 Å². The van der Waals surface area contributed by atoms with Crippen molar-refractivity contribution >= 4 is 11.4 Å². The Balaban J connectivity index is 2.18. The molecule has 0 amide bonds. The molecule has 0 unspecified atom stereocenters. The lowest BCUT2D eigenvalue weighted by Crippen LogP contribution is -2.09. The first-order valence-corrected chi connectivity index (χ1v) is 8.38. The van der Waals surface area contributed by atoms with Gasteiger partial charge in [0, 0.05) is 17.8 Å². The van der Waals surface area contributed by atoms with Crippen molar-refractivity contribution in [2.45, 2.75) is 33.4 Å². The number of nitrogens with zero attached hydrogens (tertiary/aromatic N) is 2. The second-order valence-electron chi connectivity index (χ2n) is 6.38. The Kier molecular flexibility index (Phi) is 7.45. The molecule has 0 atom stereocenters. The molecule has 2 aromatic rings. The van der Waals surface area contributed by atoms with Gasteiger partial charge in [-0.05, 0) is 13.8 Å². The average Bonchev–Trinajstić information content (AvgIpc) is 2.73. The Morgan fingerprint density at radius 1 is 0.452 bits per heavy atom. The minimum Gasteiger partial charge on any atom is -0.289 e. The van der Waals surface area contributed by atoms with Crippen molar-refractivity contribution in [3.8, 4) is 0 Å². The summed E-state index contributed by atoms with van der Waals surface area (Å²) in [5.41, 5.74) is -2.15. The van der Waals surface area contributed by atoms with Gasteiger partial charge < -0.3 is 0 Å². The van der Waals surface area contributed by atoms with Crippen LogP contribution in [0.1, 0.15) is 31.4 Å². The van der Waals surface area contributed by atoms with Crippen LogP contribution >= 0.6 is 0 Å². The van der Waals surface area contributed by atoms with E-state index in [-0.39, 0.29) is 17.8 Å². The molecule has 0 saturated heterocycles. The van der Waals surface area contributed by atoms with Gasteiger partial charge >= 0.3 is 0 Å². The summed E-state index contributed by atoms with van der Waals surface area (Å²) < 4.78 is 133. The van der Waals surface area contributed by atoms with Gasteiger partial charge in [0.25, 0.3) is 0 Å². The number of hydrogen-bond donors (Lipinski definition) is 0. The molecule has 0 N–H and O–H groups in total. The smallest absolute Gasteiger partial charge is 0.200 e. The maximum absolute atomic E-state index is 13.6. The Morgan fingerprint density at radius 2 is 0.677 bits per heavy atom. The third-order valence-electron chi connectivity index (χ3n) is 4.13. The van der Waals surface area contributed by atoms with Crippen LogP contribution in [-0.4, -0.2) is 11.4 Å². The fraction of sp³-hybridized carbons (Fsp3) is 0.263. The normalized spacial score (nSPS) is 12.6. The largest absolute Gasteiger partial charge is 0.289 e. The molecule has 168 valence electrons.